The molecule has 3 rings (SSSR count). The van der Waals surface area contributed by atoms with Gasteiger partial charge in [-0.05, 0) is 13.0 Å². The van der Waals surface area contributed by atoms with Gasteiger partial charge in [-0.1, -0.05) is 6.92 Å². The number of nitrogens with one attached hydrogen (secondary N) is 2. The van der Waals surface area contributed by atoms with E-state index >= 15 is 0 Å². The molecule has 0 spiro atoms. The normalized spacial score (nSPS) is 16.8. The van der Waals surface area contributed by atoms with Gasteiger partial charge in [-0.3, -0.25) is 15.4 Å². The van der Waals surface area contributed by atoms with E-state index < -0.39 is 0 Å². The molecule has 0 bridgehead atoms. The standard InChI is InChI=1S/C12H20N8/c1-2-3-19-4-6-20(7-5-19)11-9-8-14-18-10(9)15-12(16-11)17-13/h8H,2-7,13H2,1H3,(H2,14,15,16,17,18). The highest BCUT2D eigenvalue weighted by atomic mass is 15.3. The maximum absolute atomic E-state index is 5.43. The molecule has 2 aromatic heterocycles. The van der Waals surface area contributed by atoms with Crippen LogP contribution in [0, 0.1) is 0 Å². The van der Waals surface area contributed by atoms with Gasteiger partial charge in [0, 0.05) is 26.2 Å². The SMILES string of the molecule is CCCN1CCN(c2nc(NN)nc3[nH]ncc23)CC1. The van der Waals surface area contributed by atoms with Gasteiger partial charge in [-0.15, -0.1) is 0 Å². The molecule has 2 aromatic rings. The summed E-state index contributed by atoms with van der Waals surface area (Å²) in [4.78, 5) is 13.5. The largest absolute Gasteiger partial charge is 0.353 e. The predicted octanol–water partition coefficient (Wildman–Crippen LogP) is 0.171. The molecule has 0 amide bonds. The molecular formula is C12H20N8. The number of hydrazine groups is 1. The molecular weight excluding hydrogens is 256 g/mol. The van der Waals surface area contributed by atoms with E-state index in [1.807, 2.05) is 0 Å². The number of hydrogen-bond acceptors (Lipinski definition) is 7. The first-order chi connectivity index (χ1) is 9.81. The average molecular weight is 276 g/mol. The first-order valence-electron chi connectivity index (χ1n) is 6.97. The highest BCUT2D eigenvalue weighted by Gasteiger charge is 2.20. The van der Waals surface area contributed by atoms with Crippen LogP contribution in [0.2, 0.25) is 0 Å². The number of hydrogen-bond donors (Lipinski definition) is 3. The zero-order valence-electron chi connectivity index (χ0n) is 11.6. The minimum Gasteiger partial charge on any atom is -0.353 e. The first-order valence-corrected chi connectivity index (χ1v) is 6.97. The van der Waals surface area contributed by atoms with Gasteiger partial charge in [0.1, 0.15) is 5.82 Å². The van der Waals surface area contributed by atoms with E-state index in [2.05, 4.69) is 42.3 Å². The Hall–Kier alpha value is -1.93. The van der Waals surface area contributed by atoms with Crippen LogP contribution in [0.4, 0.5) is 11.8 Å². The number of nitrogens with zero attached hydrogens (tertiary/aromatic N) is 5. The van der Waals surface area contributed by atoms with Gasteiger partial charge in [0.25, 0.3) is 0 Å². The number of piperazine rings is 1. The van der Waals surface area contributed by atoms with Crippen LogP contribution in [0.25, 0.3) is 11.0 Å². The van der Waals surface area contributed by atoms with Crippen molar-refractivity contribution in [1.82, 2.24) is 25.1 Å². The molecule has 8 heteroatoms. The third-order valence-electron chi connectivity index (χ3n) is 3.63. The highest BCUT2D eigenvalue weighted by molar-refractivity contribution is 5.87. The molecule has 0 atom stereocenters. The summed E-state index contributed by atoms with van der Waals surface area (Å²) in [5.74, 6) is 6.74. The molecule has 8 nitrogen and oxygen atoms in total. The Bertz CT molecular complexity index is 572. The molecule has 1 aliphatic rings. The van der Waals surface area contributed by atoms with E-state index in [1.165, 1.54) is 6.42 Å². The monoisotopic (exact) mass is 276 g/mol. The molecule has 108 valence electrons. The molecule has 0 saturated carbocycles. The Balaban J connectivity index is 1.85. The molecule has 0 unspecified atom stereocenters. The van der Waals surface area contributed by atoms with Crippen molar-refractivity contribution in [3.8, 4) is 0 Å². The number of nitrogens with two attached hydrogens (primary N) is 1. The van der Waals surface area contributed by atoms with Gasteiger partial charge < -0.3 is 4.90 Å². The molecule has 1 saturated heterocycles. The predicted molar refractivity (Wildman–Crippen MR) is 78.4 cm³/mol. The molecule has 20 heavy (non-hydrogen) atoms. The third-order valence-corrected chi connectivity index (χ3v) is 3.63. The van der Waals surface area contributed by atoms with E-state index in [0.717, 1.165) is 43.9 Å². The highest BCUT2D eigenvalue weighted by Crippen LogP contribution is 2.24. The van der Waals surface area contributed by atoms with Crippen LogP contribution in [0.15, 0.2) is 6.20 Å². The minimum absolute atomic E-state index is 0.410. The van der Waals surface area contributed by atoms with Crippen molar-refractivity contribution in [3.05, 3.63) is 6.20 Å². The van der Waals surface area contributed by atoms with Gasteiger partial charge in [0.2, 0.25) is 5.95 Å². The Labute approximate surface area is 117 Å². The molecule has 3 heterocycles. The van der Waals surface area contributed by atoms with Gasteiger partial charge >= 0.3 is 0 Å². The zero-order valence-corrected chi connectivity index (χ0v) is 11.6. The molecule has 1 aliphatic heterocycles. The van der Waals surface area contributed by atoms with Crippen LogP contribution in [-0.2, 0) is 0 Å². The zero-order chi connectivity index (χ0) is 13.9. The van der Waals surface area contributed by atoms with Crippen molar-refractivity contribution in [1.29, 1.82) is 0 Å². The summed E-state index contributed by atoms with van der Waals surface area (Å²) in [5, 5.41) is 7.85. The average Bonchev–Trinajstić information content (AvgIpc) is 2.95. The van der Waals surface area contributed by atoms with Gasteiger partial charge in [-0.25, -0.2) is 5.84 Å². The number of anilines is 2. The van der Waals surface area contributed by atoms with Gasteiger partial charge in [0.15, 0.2) is 5.65 Å². The van der Waals surface area contributed by atoms with Crippen molar-refractivity contribution in [2.75, 3.05) is 43.0 Å². The summed E-state index contributed by atoms with van der Waals surface area (Å²) >= 11 is 0. The van der Waals surface area contributed by atoms with Crippen molar-refractivity contribution in [3.63, 3.8) is 0 Å². The maximum Gasteiger partial charge on any atom is 0.241 e. The number of aromatic amines is 1. The van der Waals surface area contributed by atoms with Gasteiger partial charge in [-0.2, -0.15) is 15.1 Å². The lowest BCUT2D eigenvalue weighted by Gasteiger charge is -2.35. The molecule has 0 aliphatic carbocycles. The van der Waals surface area contributed by atoms with Crippen LogP contribution in [0.3, 0.4) is 0 Å². The van der Waals surface area contributed by atoms with Crippen molar-refractivity contribution >= 4 is 22.8 Å². The summed E-state index contributed by atoms with van der Waals surface area (Å²) in [7, 11) is 0. The van der Waals surface area contributed by atoms with E-state index in [4.69, 9.17) is 5.84 Å². The fraction of sp³-hybridized carbons (Fsp3) is 0.583. The molecule has 4 N–H and O–H groups in total. The van der Waals surface area contributed by atoms with Gasteiger partial charge in [0.05, 0.1) is 11.6 Å². The number of rotatable bonds is 4. The minimum atomic E-state index is 0.410. The molecule has 0 aromatic carbocycles. The smallest absolute Gasteiger partial charge is 0.241 e. The van der Waals surface area contributed by atoms with E-state index in [1.54, 1.807) is 6.20 Å². The van der Waals surface area contributed by atoms with E-state index in [-0.39, 0.29) is 0 Å². The topological polar surface area (TPSA) is 99.0 Å². The van der Waals surface area contributed by atoms with E-state index in [0.29, 0.717) is 11.6 Å². The Morgan fingerprint density at radius 2 is 2.10 bits per heavy atom. The van der Waals surface area contributed by atoms with Crippen LogP contribution in [-0.4, -0.2) is 57.8 Å². The Morgan fingerprint density at radius 1 is 1.30 bits per heavy atom. The summed E-state index contributed by atoms with van der Waals surface area (Å²) in [6.45, 7) is 7.41. The fourth-order valence-electron chi connectivity index (χ4n) is 2.62. The van der Waals surface area contributed by atoms with Crippen LogP contribution in [0.5, 0.6) is 0 Å². The van der Waals surface area contributed by atoms with Crippen LogP contribution in [0.1, 0.15) is 13.3 Å². The van der Waals surface area contributed by atoms with Crippen LogP contribution < -0.4 is 16.2 Å². The lowest BCUT2D eigenvalue weighted by molar-refractivity contribution is 0.258. The number of aromatic nitrogens is 4. The molecule has 0 radical (unpaired) electrons. The maximum atomic E-state index is 5.43. The number of nitrogen functional groups attached to an aromatic ring is 1. The molecule has 1 fully saturated rings. The lowest BCUT2D eigenvalue weighted by Crippen LogP contribution is -2.47. The summed E-state index contributed by atoms with van der Waals surface area (Å²) in [5.41, 5.74) is 3.22. The second kappa shape index (κ2) is 5.59. The summed E-state index contributed by atoms with van der Waals surface area (Å²) < 4.78 is 0. The van der Waals surface area contributed by atoms with E-state index in [9.17, 15) is 0 Å². The van der Waals surface area contributed by atoms with Crippen molar-refractivity contribution in [2.45, 2.75) is 13.3 Å². The van der Waals surface area contributed by atoms with Crippen LogP contribution >= 0.6 is 0 Å². The quantitative estimate of drug-likeness (QED) is 0.541. The number of fused-ring (bicyclic) bond motifs is 1. The lowest BCUT2D eigenvalue weighted by atomic mass is 10.2. The fourth-order valence-corrected chi connectivity index (χ4v) is 2.62. The number of H-pyrrole nitrogens is 1. The Morgan fingerprint density at radius 3 is 2.80 bits per heavy atom. The summed E-state index contributed by atoms with van der Waals surface area (Å²) in [6.07, 6.45) is 2.96. The van der Waals surface area contributed by atoms with Crippen molar-refractivity contribution < 1.29 is 0 Å². The van der Waals surface area contributed by atoms with Crippen molar-refractivity contribution in [2.24, 2.45) is 5.84 Å². The second-order valence-corrected chi connectivity index (χ2v) is 4.98. The first kappa shape index (κ1) is 13.1. The second-order valence-electron chi connectivity index (χ2n) is 4.98. The summed E-state index contributed by atoms with van der Waals surface area (Å²) in [6, 6.07) is 0. The third kappa shape index (κ3) is 2.39. The Kier molecular flexibility index (Phi) is 3.66.